The highest BCUT2D eigenvalue weighted by Crippen LogP contribution is 2.21. The van der Waals surface area contributed by atoms with E-state index in [4.69, 9.17) is 0 Å². The van der Waals surface area contributed by atoms with Crippen LogP contribution in [0.25, 0.3) is 10.8 Å². The van der Waals surface area contributed by atoms with Gasteiger partial charge < -0.3 is 5.32 Å². The molecule has 0 saturated carbocycles. The summed E-state index contributed by atoms with van der Waals surface area (Å²) >= 11 is 1.83. The molecule has 1 aromatic heterocycles. The van der Waals surface area contributed by atoms with Crippen LogP contribution in [0.5, 0.6) is 0 Å². The van der Waals surface area contributed by atoms with Crippen molar-refractivity contribution in [2.75, 3.05) is 19.6 Å². The van der Waals surface area contributed by atoms with Gasteiger partial charge >= 0.3 is 0 Å². The molecule has 27 heavy (non-hydrogen) atoms. The summed E-state index contributed by atoms with van der Waals surface area (Å²) in [6.45, 7) is 4.12. The Balaban J connectivity index is 1.24. The maximum absolute atomic E-state index is 12.5. The number of amides is 1. The molecule has 1 aliphatic rings. The van der Waals surface area contributed by atoms with Crippen LogP contribution < -0.4 is 5.32 Å². The molecule has 2 heterocycles. The fourth-order valence-corrected chi connectivity index (χ4v) is 4.66. The van der Waals surface area contributed by atoms with E-state index in [9.17, 15) is 4.79 Å². The summed E-state index contributed by atoms with van der Waals surface area (Å²) in [4.78, 5) is 16.4. The van der Waals surface area contributed by atoms with Gasteiger partial charge in [-0.2, -0.15) is 0 Å². The molecule has 0 radical (unpaired) electrons. The molecule has 1 N–H and O–H groups in total. The largest absolute Gasteiger partial charge is 0.356 e. The second kappa shape index (κ2) is 8.68. The quantitative estimate of drug-likeness (QED) is 0.686. The number of nitrogens with one attached hydrogen (secondary N) is 1. The van der Waals surface area contributed by atoms with E-state index in [0.29, 0.717) is 12.3 Å². The van der Waals surface area contributed by atoms with Gasteiger partial charge in [0.05, 0.1) is 6.42 Å². The van der Waals surface area contributed by atoms with Gasteiger partial charge in [-0.15, -0.1) is 11.3 Å². The number of hydrogen-bond acceptors (Lipinski definition) is 3. The average Bonchev–Trinajstić information content (AvgIpc) is 3.21. The number of nitrogens with zero attached hydrogens (tertiary/aromatic N) is 1. The average molecular weight is 379 g/mol. The maximum atomic E-state index is 12.5. The third-order valence-electron chi connectivity index (χ3n) is 5.49. The van der Waals surface area contributed by atoms with Crippen molar-refractivity contribution in [1.82, 2.24) is 10.2 Å². The van der Waals surface area contributed by atoms with E-state index >= 15 is 0 Å². The van der Waals surface area contributed by atoms with Gasteiger partial charge in [-0.05, 0) is 59.6 Å². The first-order valence-electron chi connectivity index (χ1n) is 9.76. The molecule has 1 amide bonds. The van der Waals surface area contributed by atoms with Crippen LogP contribution in [0.1, 0.15) is 23.3 Å². The van der Waals surface area contributed by atoms with Gasteiger partial charge in [0.25, 0.3) is 0 Å². The molecule has 0 spiro atoms. The highest BCUT2D eigenvalue weighted by Gasteiger charge is 2.20. The van der Waals surface area contributed by atoms with Crippen LogP contribution in [-0.4, -0.2) is 30.4 Å². The first-order valence-corrected chi connectivity index (χ1v) is 10.6. The summed E-state index contributed by atoms with van der Waals surface area (Å²) in [5, 5.41) is 7.69. The minimum absolute atomic E-state index is 0.132. The van der Waals surface area contributed by atoms with Crippen molar-refractivity contribution < 1.29 is 4.79 Å². The zero-order chi connectivity index (χ0) is 18.5. The van der Waals surface area contributed by atoms with Gasteiger partial charge in [0.1, 0.15) is 0 Å². The number of fused-ring (bicyclic) bond motifs is 1. The maximum Gasteiger partial charge on any atom is 0.224 e. The van der Waals surface area contributed by atoms with Crippen molar-refractivity contribution in [2.24, 2.45) is 5.92 Å². The standard InChI is InChI=1S/C23H26N2OS/c26-23(15-20-7-3-6-19-5-1-2-9-22(19)20)24-16-18-10-12-25(13-11-18)17-21-8-4-14-27-21/h1-9,14,18H,10-13,15-17H2,(H,24,26). The van der Waals surface area contributed by atoms with Crippen molar-refractivity contribution in [3.05, 3.63) is 70.4 Å². The number of carbonyl (C=O) groups is 1. The number of likely N-dealkylation sites (tertiary alicyclic amines) is 1. The molecule has 1 aliphatic heterocycles. The van der Waals surface area contributed by atoms with Crippen molar-refractivity contribution in [3.8, 4) is 0 Å². The zero-order valence-electron chi connectivity index (χ0n) is 15.6. The van der Waals surface area contributed by atoms with Crippen molar-refractivity contribution in [3.63, 3.8) is 0 Å². The van der Waals surface area contributed by atoms with Crippen LogP contribution in [0.3, 0.4) is 0 Å². The minimum Gasteiger partial charge on any atom is -0.356 e. The summed E-state index contributed by atoms with van der Waals surface area (Å²) in [7, 11) is 0. The number of rotatable bonds is 6. The molecule has 140 valence electrons. The molecule has 1 saturated heterocycles. The summed E-state index contributed by atoms with van der Waals surface area (Å²) in [5.74, 6) is 0.730. The van der Waals surface area contributed by atoms with E-state index in [1.807, 2.05) is 29.5 Å². The van der Waals surface area contributed by atoms with Crippen LogP contribution in [0, 0.1) is 5.92 Å². The van der Waals surface area contributed by atoms with Gasteiger partial charge in [-0.25, -0.2) is 0 Å². The van der Waals surface area contributed by atoms with E-state index in [-0.39, 0.29) is 5.91 Å². The zero-order valence-corrected chi connectivity index (χ0v) is 16.4. The normalized spacial score (nSPS) is 15.9. The fraction of sp³-hybridized carbons (Fsp3) is 0.348. The molecule has 1 fully saturated rings. The third-order valence-corrected chi connectivity index (χ3v) is 6.35. The summed E-state index contributed by atoms with van der Waals surface area (Å²) < 4.78 is 0. The molecule has 0 atom stereocenters. The van der Waals surface area contributed by atoms with Crippen LogP contribution in [0.15, 0.2) is 60.0 Å². The molecule has 0 bridgehead atoms. The molecule has 0 unspecified atom stereocenters. The lowest BCUT2D eigenvalue weighted by Gasteiger charge is -2.31. The van der Waals surface area contributed by atoms with Crippen LogP contribution in [0.2, 0.25) is 0 Å². The van der Waals surface area contributed by atoms with Crippen LogP contribution >= 0.6 is 11.3 Å². The Morgan fingerprint density at radius 1 is 1.04 bits per heavy atom. The number of carbonyl (C=O) groups excluding carboxylic acids is 1. The number of hydrogen-bond donors (Lipinski definition) is 1. The Hall–Kier alpha value is -2.17. The molecule has 3 aromatic rings. The van der Waals surface area contributed by atoms with Gasteiger partial charge in [0.15, 0.2) is 0 Å². The third kappa shape index (κ3) is 4.76. The highest BCUT2D eigenvalue weighted by molar-refractivity contribution is 7.09. The molecule has 2 aromatic carbocycles. The van der Waals surface area contributed by atoms with Crippen molar-refractivity contribution >= 4 is 28.0 Å². The molecular weight excluding hydrogens is 352 g/mol. The Morgan fingerprint density at radius 2 is 1.85 bits per heavy atom. The van der Waals surface area contributed by atoms with E-state index < -0.39 is 0 Å². The Kier molecular flexibility index (Phi) is 5.85. The molecule has 3 nitrogen and oxygen atoms in total. The van der Waals surface area contributed by atoms with E-state index in [0.717, 1.165) is 31.7 Å². The van der Waals surface area contributed by atoms with E-state index in [2.05, 4.69) is 52.0 Å². The number of benzene rings is 2. The Morgan fingerprint density at radius 3 is 2.67 bits per heavy atom. The van der Waals surface area contributed by atoms with Crippen LogP contribution in [0.4, 0.5) is 0 Å². The van der Waals surface area contributed by atoms with Gasteiger partial charge in [-0.3, -0.25) is 9.69 Å². The lowest BCUT2D eigenvalue weighted by Crippen LogP contribution is -2.38. The second-order valence-electron chi connectivity index (χ2n) is 7.42. The summed E-state index contributed by atoms with van der Waals surface area (Å²) in [6, 6.07) is 18.8. The Labute approximate surface area is 165 Å². The van der Waals surface area contributed by atoms with Gasteiger partial charge in [0, 0.05) is 18.0 Å². The fourth-order valence-electron chi connectivity index (χ4n) is 3.91. The lowest BCUT2D eigenvalue weighted by atomic mass is 9.96. The van der Waals surface area contributed by atoms with E-state index in [1.165, 1.54) is 28.5 Å². The number of thiophene rings is 1. The SMILES string of the molecule is O=C(Cc1cccc2ccccc12)NCC1CCN(Cc2cccs2)CC1. The van der Waals surface area contributed by atoms with E-state index in [1.54, 1.807) is 0 Å². The van der Waals surface area contributed by atoms with Crippen molar-refractivity contribution in [2.45, 2.75) is 25.8 Å². The molecule has 0 aliphatic carbocycles. The predicted octanol–water partition coefficient (Wildman–Crippen LogP) is 4.47. The molecule has 4 rings (SSSR count). The Bertz CT molecular complexity index is 877. The van der Waals surface area contributed by atoms with Gasteiger partial charge in [-0.1, -0.05) is 48.5 Å². The minimum atomic E-state index is 0.132. The predicted molar refractivity (Wildman–Crippen MR) is 113 cm³/mol. The first kappa shape index (κ1) is 18.2. The van der Waals surface area contributed by atoms with Crippen molar-refractivity contribution in [1.29, 1.82) is 0 Å². The first-order chi connectivity index (χ1) is 13.3. The van der Waals surface area contributed by atoms with Gasteiger partial charge in [0.2, 0.25) is 5.91 Å². The molecule has 4 heteroatoms. The lowest BCUT2D eigenvalue weighted by molar-refractivity contribution is -0.120. The monoisotopic (exact) mass is 378 g/mol. The highest BCUT2D eigenvalue weighted by atomic mass is 32.1. The topological polar surface area (TPSA) is 32.3 Å². The number of piperidine rings is 1. The molecular formula is C23H26N2OS. The van der Waals surface area contributed by atoms with Crippen LogP contribution in [-0.2, 0) is 17.8 Å². The smallest absolute Gasteiger partial charge is 0.224 e. The summed E-state index contributed by atoms with van der Waals surface area (Å²) in [5.41, 5.74) is 1.11. The second-order valence-corrected chi connectivity index (χ2v) is 8.45. The summed E-state index contributed by atoms with van der Waals surface area (Å²) in [6.07, 6.45) is 2.79.